The van der Waals surface area contributed by atoms with Gasteiger partial charge in [-0.15, -0.1) is 0 Å². The van der Waals surface area contributed by atoms with Gasteiger partial charge in [-0.1, -0.05) is 54.6 Å². The third-order valence-corrected chi connectivity index (χ3v) is 17.2. The van der Waals surface area contributed by atoms with E-state index < -0.39 is 0 Å². The maximum atomic E-state index is 10.9. The number of aryl methyl sites for hydroxylation is 1. The van der Waals surface area contributed by atoms with Gasteiger partial charge in [0.25, 0.3) is 0 Å². The molecule has 11 aromatic carbocycles. The summed E-state index contributed by atoms with van der Waals surface area (Å²) in [5, 5.41) is 85.5. The van der Waals surface area contributed by atoms with Crippen molar-refractivity contribution in [3.05, 3.63) is 294 Å². The minimum absolute atomic E-state index is 0.0680. The molecule has 0 atom stereocenters. The van der Waals surface area contributed by atoms with E-state index in [0.717, 1.165) is 16.7 Å². The fourth-order valence-corrected chi connectivity index (χ4v) is 13.0. The van der Waals surface area contributed by atoms with Gasteiger partial charge in [-0.05, 0) is 173 Å². The molecular formula is C81H32N16. The zero-order valence-corrected chi connectivity index (χ0v) is 50.4. The lowest BCUT2D eigenvalue weighted by Crippen LogP contribution is -2.03. The van der Waals surface area contributed by atoms with Gasteiger partial charge in [0, 0.05) is 66.1 Å². The minimum atomic E-state index is 0.0680. The van der Waals surface area contributed by atoms with Crippen molar-refractivity contribution >= 4 is 77.7 Å². The molecule has 13 rings (SSSR count). The number of aromatic nitrogens is 2. The molecule has 13 aromatic rings. The van der Waals surface area contributed by atoms with Gasteiger partial charge in [-0.2, -0.15) is 42.1 Å². The average Bonchev–Trinajstić information content (AvgIpc) is 1.59. The first-order valence-electron chi connectivity index (χ1n) is 29.1. The van der Waals surface area contributed by atoms with Crippen LogP contribution in [0, 0.1) is 137 Å². The van der Waals surface area contributed by atoms with Crippen molar-refractivity contribution in [3.8, 4) is 127 Å². The summed E-state index contributed by atoms with van der Waals surface area (Å²) in [5.74, 6) is 0. The van der Waals surface area contributed by atoms with Crippen molar-refractivity contribution in [3.63, 3.8) is 0 Å². The lowest BCUT2D eigenvalue weighted by Gasteiger charge is -2.20. The summed E-state index contributed by atoms with van der Waals surface area (Å²) >= 11 is 0. The summed E-state index contributed by atoms with van der Waals surface area (Å²) in [5.41, 5.74) is 12.0. The van der Waals surface area contributed by atoms with E-state index in [2.05, 4.69) is 76.1 Å². The number of nitrogens with zero attached hydrogens (tertiary/aromatic N) is 16. The van der Waals surface area contributed by atoms with Crippen LogP contribution in [-0.4, -0.2) is 9.13 Å². The van der Waals surface area contributed by atoms with Crippen LogP contribution in [0.3, 0.4) is 0 Å². The van der Waals surface area contributed by atoms with Gasteiger partial charge < -0.3 is 9.13 Å². The number of benzene rings is 11. The molecule has 0 saturated heterocycles. The molecule has 0 amide bonds. The molecule has 0 spiro atoms. The highest BCUT2D eigenvalue weighted by Crippen LogP contribution is 2.49. The molecule has 0 aliphatic carbocycles. The van der Waals surface area contributed by atoms with Gasteiger partial charge in [0.15, 0.2) is 34.1 Å². The van der Waals surface area contributed by atoms with E-state index in [1.54, 1.807) is 48.5 Å². The first-order valence-corrected chi connectivity index (χ1v) is 29.1. The Morgan fingerprint density at radius 3 is 1.04 bits per heavy atom. The summed E-state index contributed by atoms with van der Waals surface area (Å²) in [6, 6.07) is 67.6. The van der Waals surface area contributed by atoms with Crippen molar-refractivity contribution in [2.24, 2.45) is 0 Å². The third kappa shape index (κ3) is 9.75. The number of rotatable bonds is 8. The number of hydrogen-bond acceptors (Lipinski definition) is 8. The van der Waals surface area contributed by atoms with Crippen molar-refractivity contribution < 1.29 is 0 Å². The monoisotopic (exact) mass is 1230 g/mol. The lowest BCUT2D eigenvalue weighted by atomic mass is 9.93. The topological polar surface area (TPSA) is 226 Å². The Morgan fingerprint density at radius 2 is 0.619 bits per heavy atom. The van der Waals surface area contributed by atoms with E-state index in [-0.39, 0.29) is 78.6 Å². The van der Waals surface area contributed by atoms with E-state index in [4.69, 9.17) is 39.4 Å². The molecule has 0 aliphatic rings. The quantitative estimate of drug-likeness (QED) is 0.133. The second-order valence-electron chi connectivity index (χ2n) is 22.3. The van der Waals surface area contributed by atoms with Crippen molar-refractivity contribution in [2.45, 2.75) is 6.92 Å². The standard InChI is InChI=1S/C81H32N16/c1-45-22-46(37-82)8-15-61(45)50-10-17-63(77(35-50)97-74-18-11-51(78-56(42-87)28-59(90-2)29-57(78)43-88)31-64(74)65-33-53(13-20-75(65)97)80-58(44-89)30-60(91-3)36-71(80)95-7)62-16-9-47(38-83)27-76(62)96-72-19-12-52(79-55(41-86)23-48(39-84)24-68(79)92-4)32-66(72)67-34-54(14-21-73(67)96)81-69(93-5)25-49(40-85)26-70(81)94-6/h8-36H,1H3. The van der Waals surface area contributed by atoms with Crippen LogP contribution >= 0.6 is 0 Å². The number of fused-ring (bicyclic) bond motifs is 6. The minimum Gasteiger partial charge on any atom is -0.309 e. The van der Waals surface area contributed by atoms with Crippen molar-refractivity contribution in [1.29, 1.82) is 42.1 Å². The molecule has 0 fully saturated rings. The van der Waals surface area contributed by atoms with Crippen LogP contribution < -0.4 is 0 Å². The fraction of sp³-hybridized carbons (Fsp3) is 0.0123. The van der Waals surface area contributed by atoms with Crippen LogP contribution in [-0.2, 0) is 0 Å². The Hall–Kier alpha value is -16.1. The smallest absolute Gasteiger partial charge is 0.197 e. The Labute approximate surface area is 554 Å². The predicted molar refractivity (Wildman–Crippen MR) is 368 cm³/mol. The zero-order valence-electron chi connectivity index (χ0n) is 50.4. The highest BCUT2D eigenvalue weighted by atomic mass is 15.0. The first-order chi connectivity index (χ1) is 47.3. The number of nitriles is 8. The SMILES string of the molecule is [C-]#[N+]c1cc(C#N)c(-c2ccc3c(c2)c2cc(-c4c(C#N)cc([N+]#[C-])cc4[N+]#[C-])ccc2n3-c2cc(-c3ccc(C#N)cc3C)ccc2-c2ccc(C#N)cc2-n2c3ccc(-c4c(C#N)cc(C#N)cc4[N+]#[C-])cc3c3cc(-c4c([N+]#[C-])cc(C#N)cc4[N+]#[C-])ccc32)c(C#N)c1. The largest absolute Gasteiger partial charge is 0.309 e. The van der Waals surface area contributed by atoms with E-state index in [1.165, 1.54) is 48.5 Å². The fourth-order valence-electron chi connectivity index (χ4n) is 13.0. The van der Waals surface area contributed by atoms with Crippen molar-refractivity contribution in [1.82, 2.24) is 9.13 Å². The number of hydrogen-bond donors (Lipinski definition) is 0. The summed E-state index contributed by atoms with van der Waals surface area (Å²) in [4.78, 5) is 22.2. The summed E-state index contributed by atoms with van der Waals surface area (Å²) in [6.07, 6.45) is 0. The van der Waals surface area contributed by atoms with Crippen LogP contribution in [0.5, 0.6) is 0 Å². The van der Waals surface area contributed by atoms with E-state index in [9.17, 15) is 42.1 Å². The molecule has 97 heavy (non-hydrogen) atoms. The van der Waals surface area contributed by atoms with E-state index in [0.29, 0.717) is 111 Å². The summed E-state index contributed by atoms with van der Waals surface area (Å²) in [7, 11) is 0. The first kappa shape index (κ1) is 59.8. The molecule has 0 bridgehead atoms. The normalized spacial score (nSPS) is 10.4. The van der Waals surface area contributed by atoms with Gasteiger partial charge in [0.2, 0.25) is 0 Å². The zero-order chi connectivity index (χ0) is 67.9. The second kappa shape index (κ2) is 24.0. The molecule has 2 aromatic heterocycles. The Balaban J connectivity index is 1.16. The van der Waals surface area contributed by atoms with Crippen LogP contribution in [0.15, 0.2) is 176 Å². The van der Waals surface area contributed by atoms with Gasteiger partial charge in [-0.3, -0.25) is 0 Å². The Morgan fingerprint density at radius 1 is 0.278 bits per heavy atom. The molecule has 0 saturated carbocycles. The second-order valence-corrected chi connectivity index (χ2v) is 22.3. The molecule has 0 N–H and O–H groups in total. The summed E-state index contributed by atoms with van der Waals surface area (Å²) < 4.78 is 4.05. The van der Waals surface area contributed by atoms with Gasteiger partial charge in [0.1, 0.15) is 0 Å². The molecule has 16 heteroatoms. The molecule has 436 valence electrons. The summed E-state index contributed by atoms with van der Waals surface area (Å²) in [6.45, 7) is 50.4. The van der Waals surface area contributed by atoms with E-state index in [1.807, 2.05) is 96.4 Å². The van der Waals surface area contributed by atoms with Gasteiger partial charge >= 0.3 is 0 Å². The van der Waals surface area contributed by atoms with Gasteiger partial charge in [0.05, 0.1) is 149 Å². The predicted octanol–water partition coefficient (Wildman–Crippen LogP) is 20.5. The van der Waals surface area contributed by atoms with Crippen LogP contribution in [0.25, 0.3) is 151 Å². The van der Waals surface area contributed by atoms with Crippen LogP contribution in [0.4, 0.5) is 34.1 Å². The molecule has 0 radical (unpaired) electrons. The van der Waals surface area contributed by atoms with Crippen LogP contribution in [0.2, 0.25) is 0 Å². The van der Waals surface area contributed by atoms with E-state index >= 15 is 0 Å². The van der Waals surface area contributed by atoms with Gasteiger partial charge in [-0.25, -0.2) is 29.1 Å². The third-order valence-electron chi connectivity index (χ3n) is 17.2. The van der Waals surface area contributed by atoms with Crippen LogP contribution in [0.1, 0.15) is 50.1 Å². The molecule has 16 nitrogen and oxygen atoms in total. The van der Waals surface area contributed by atoms with Crippen molar-refractivity contribution in [2.75, 3.05) is 0 Å². The Bertz CT molecular complexity index is 6020. The maximum absolute atomic E-state index is 10.9. The molecule has 0 aliphatic heterocycles. The molecular weight excluding hydrogens is 1200 g/mol. The highest BCUT2D eigenvalue weighted by molar-refractivity contribution is 6.15. The molecule has 2 heterocycles. The lowest BCUT2D eigenvalue weighted by molar-refractivity contribution is 1.16. The Kier molecular flexibility index (Phi) is 14.8. The average molecular weight is 1230 g/mol. The molecule has 0 unspecified atom stereocenters. The highest BCUT2D eigenvalue weighted by Gasteiger charge is 2.27. The maximum Gasteiger partial charge on any atom is 0.197 e.